The highest BCUT2D eigenvalue weighted by atomic mass is 19.4. The topological polar surface area (TPSA) is 88.0 Å². The number of rotatable bonds is 5. The van der Waals surface area contributed by atoms with Crippen molar-refractivity contribution >= 4 is 23.4 Å². The molecule has 2 aromatic heterocycles. The lowest BCUT2D eigenvalue weighted by Crippen LogP contribution is -2.21. The van der Waals surface area contributed by atoms with Crippen molar-refractivity contribution in [2.24, 2.45) is 0 Å². The number of hydrogen-bond donors (Lipinski definition) is 2. The number of alkyl halides is 3. The van der Waals surface area contributed by atoms with Crippen LogP contribution in [-0.4, -0.2) is 51.7 Å². The summed E-state index contributed by atoms with van der Waals surface area (Å²) in [7, 11) is 4.71. The van der Waals surface area contributed by atoms with Crippen molar-refractivity contribution in [3.63, 3.8) is 0 Å². The Bertz CT molecular complexity index is 1060. The number of hydrogen-bond acceptors (Lipinski definition) is 6. The molecule has 0 saturated heterocycles. The van der Waals surface area contributed by atoms with Crippen LogP contribution in [0.1, 0.15) is 21.6 Å². The number of amides is 1. The van der Waals surface area contributed by atoms with Gasteiger partial charge in [0.2, 0.25) is 5.95 Å². The molecule has 11 heteroatoms. The fourth-order valence-corrected chi connectivity index (χ4v) is 2.76. The highest BCUT2D eigenvalue weighted by Gasteiger charge is 2.35. The Morgan fingerprint density at radius 1 is 1.13 bits per heavy atom. The van der Waals surface area contributed by atoms with Gasteiger partial charge in [0, 0.05) is 32.9 Å². The number of carbonyl (C=O) groups is 1. The van der Waals surface area contributed by atoms with Crippen LogP contribution in [0.25, 0.3) is 5.69 Å². The monoisotopic (exact) mass is 419 g/mol. The molecule has 0 unspecified atom stereocenters. The highest BCUT2D eigenvalue weighted by Crippen LogP contribution is 2.34. The number of benzene rings is 1. The number of aromatic nitrogens is 4. The minimum absolute atomic E-state index is 0.00178. The summed E-state index contributed by atoms with van der Waals surface area (Å²) in [6.45, 7) is 1.79. The summed E-state index contributed by atoms with van der Waals surface area (Å²) in [5.41, 5.74) is 1.54. The molecule has 30 heavy (non-hydrogen) atoms. The third-order valence-electron chi connectivity index (χ3n) is 4.35. The van der Waals surface area contributed by atoms with Crippen LogP contribution in [0.4, 0.5) is 30.6 Å². The van der Waals surface area contributed by atoms with E-state index in [1.165, 1.54) is 18.1 Å². The van der Waals surface area contributed by atoms with Gasteiger partial charge >= 0.3 is 6.18 Å². The Morgan fingerprint density at radius 3 is 2.37 bits per heavy atom. The smallest absolute Gasteiger partial charge is 0.372 e. The van der Waals surface area contributed by atoms with Gasteiger partial charge in [0.05, 0.1) is 23.3 Å². The molecule has 1 aromatic carbocycles. The molecule has 1 amide bonds. The first-order valence-corrected chi connectivity index (χ1v) is 8.87. The quantitative estimate of drug-likeness (QED) is 0.659. The fraction of sp³-hybridized carbons (Fsp3) is 0.263. The Labute approximate surface area is 170 Å². The lowest BCUT2D eigenvalue weighted by atomic mass is 10.2. The van der Waals surface area contributed by atoms with Crippen molar-refractivity contribution in [3.8, 4) is 5.69 Å². The Balaban J connectivity index is 1.85. The van der Waals surface area contributed by atoms with Crippen LogP contribution in [-0.2, 0) is 6.18 Å². The zero-order chi connectivity index (χ0) is 22.1. The van der Waals surface area contributed by atoms with Crippen LogP contribution in [0.15, 0.2) is 36.7 Å². The van der Waals surface area contributed by atoms with E-state index in [-0.39, 0.29) is 17.7 Å². The highest BCUT2D eigenvalue weighted by molar-refractivity contribution is 5.94. The van der Waals surface area contributed by atoms with E-state index in [1.54, 1.807) is 50.0 Å². The van der Waals surface area contributed by atoms with Crippen molar-refractivity contribution in [1.82, 2.24) is 24.6 Å². The van der Waals surface area contributed by atoms with E-state index in [0.717, 1.165) is 11.9 Å². The molecule has 0 atom stereocenters. The van der Waals surface area contributed by atoms with Crippen LogP contribution in [0.2, 0.25) is 0 Å². The number of halogens is 3. The summed E-state index contributed by atoms with van der Waals surface area (Å²) in [4.78, 5) is 21.1. The van der Waals surface area contributed by atoms with Crippen molar-refractivity contribution in [3.05, 3.63) is 53.5 Å². The van der Waals surface area contributed by atoms with Crippen LogP contribution in [0.5, 0.6) is 0 Å². The average molecular weight is 419 g/mol. The first-order chi connectivity index (χ1) is 14.1. The molecule has 8 nitrogen and oxygen atoms in total. The predicted octanol–water partition coefficient (Wildman–Crippen LogP) is 3.48. The van der Waals surface area contributed by atoms with E-state index >= 15 is 0 Å². The number of nitrogens with zero attached hydrogens (tertiary/aromatic N) is 5. The van der Waals surface area contributed by atoms with Crippen LogP contribution >= 0.6 is 0 Å². The maximum absolute atomic E-state index is 13.0. The predicted molar refractivity (Wildman–Crippen MR) is 106 cm³/mol. The Hall–Kier alpha value is -3.63. The van der Waals surface area contributed by atoms with Crippen LogP contribution in [0, 0.1) is 6.92 Å². The van der Waals surface area contributed by atoms with Gasteiger partial charge in [0.1, 0.15) is 11.4 Å². The molecule has 0 aliphatic heterocycles. The largest absolute Gasteiger partial charge is 0.421 e. The van der Waals surface area contributed by atoms with Gasteiger partial charge < -0.3 is 15.5 Å². The first-order valence-electron chi connectivity index (χ1n) is 8.87. The van der Waals surface area contributed by atoms with E-state index in [9.17, 15) is 18.0 Å². The summed E-state index contributed by atoms with van der Waals surface area (Å²) in [5, 5.41) is 9.62. The van der Waals surface area contributed by atoms with Crippen molar-refractivity contribution in [2.45, 2.75) is 13.1 Å². The van der Waals surface area contributed by atoms with Gasteiger partial charge in [-0.1, -0.05) is 0 Å². The SMILES string of the molecule is CNc1nc(Nc2cnn(-c3ccc(C(=O)N(C)C)cc3)c2C)ncc1C(F)(F)F. The normalized spacial score (nSPS) is 11.3. The van der Waals surface area contributed by atoms with Crippen LogP contribution < -0.4 is 10.6 Å². The van der Waals surface area contributed by atoms with E-state index in [2.05, 4.69) is 25.7 Å². The zero-order valence-corrected chi connectivity index (χ0v) is 16.7. The molecule has 0 bridgehead atoms. The molecule has 3 aromatic rings. The maximum atomic E-state index is 13.0. The third kappa shape index (κ3) is 4.19. The fourth-order valence-electron chi connectivity index (χ4n) is 2.76. The van der Waals surface area contributed by atoms with Gasteiger partial charge in [-0.25, -0.2) is 9.67 Å². The molecule has 0 radical (unpaired) electrons. The van der Waals surface area contributed by atoms with Gasteiger partial charge in [-0.05, 0) is 31.2 Å². The Kier molecular flexibility index (Phi) is 5.63. The number of anilines is 3. The third-order valence-corrected chi connectivity index (χ3v) is 4.35. The summed E-state index contributed by atoms with van der Waals surface area (Å²) in [5.74, 6) is -0.436. The molecule has 0 aliphatic carbocycles. The van der Waals surface area contributed by atoms with Gasteiger partial charge in [-0.3, -0.25) is 4.79 Å². The second-order valence-corrected chi connectivity index (χ2v) is 6.63. The van der Waals surface area contributed by atoms with E-state index in [0.29, 0.717) is 16.9 Å². The second kappa shape index (κ2) is 8.01. The number of carbonyl (C=O) groups excluding carboxylic acids is 1. The molecular formula is C19H20F3N7O. The second-order valence-electron chi connectivity index (χ2n) is 6.63. The average Bonchev–Trinajstić information content (AvgIpc) is 3.06. The molecule has 0 saturated carbocycles. The van der Waals surface area contributed by atoms with E-state index in [1.807, 2.05) is 0 Å². The lowest BCUT2D eigenvalue weighted by Gasteiger charge is -2.13. The molecule has 3 rings (SSSR count). The standard InChI is InChI=1S/C19H20F3N7O/c1-11-15(26-18-24-9-14(19(20,21)22)16(23-2)27-18)10-25-29(11)13-7-5-12(6-8-13)17(30)28(3)4/h5-10H,1-4H3,(H2,23,24,26,27). The molecule has 0 aliphatic rings. The summed E-state index contributed by atoms with van der Waals surface area (Å²) >= 11 is 0. The minimum Gasteiger partial charge on any atom is -0.372 e. The number of nitrogens with one attached hydrogen (secondary N) is 2. The summed E-state index contributed by atoms with van der Waals surface area (Å²) in [6, 6.07) is 6.91. The van der Waals surface area contributed by atoms with E-state index < -0.39 is 11.7 Å². The van der Waals surface area contributed by atoms with Gasteiger partial charge in [0.25, 0.3) is 5.91 Å². The van der Waals surface area contributed by atoms with Gasteiger partial charge in [-0.15, -0.1) is 0 Å². The lowest BCUT2D eigenvalue weighted by molar-refractivity contribution is -0.137. The summed E-state index contributed by atoms with van der Waals surface area (Å²) < 4.78 is 40.6. The van der Waals surface area contributed by atoms with Crippen molar-refractivity contribution in [2.75, 3.05) is 31.8 Å². The van der Waals surface area contributed by atoms with Crippen molar-refractivity contribution < 1.29 is 18.0 Å². The summed E-state index contributed by atoms with van der Waals surface area (Å²) in [6.07, 6.45) is -2.31. The zero-order valence-electron chi connectivity index (χ0n) is 16.7. The molecular weight excluding hydrogens is 399 g/mol. The molecule has 0 spiro atoms. The van der Waals surface area contributed by atoms with Gasteiger partial charge in [0.15, 0.2) is 0 Å². The van der Waals surface area contributed by atoms with Crippen molar-refractivity contribution in [1.29, 1.82) is 0 Å². The van der Waals surface area contributed by atoms with Crippen LogP contribution in [0.3, 0.4) is 0 Å². The maximum Gasteiger partial charge on any atom is 0.421 e. The molecule has 158 valence electrons. The first kappa shape index (κ1) is 21.1. The molecule has 2 heterocycles. The Morgan fingerprint density at radius 2 is 1.80 bits per heavy atom. The van der Waals surface area contributed by atoms with E-state index in [4.69, 9.17) is 0 Å². The van der Waals surface area contributed by atoms with Gasteiger partial charge in [-0.2, -0.15) is 23.3 Å². The minimum atomic E-state index is -4.56. The molecule has 0 fully saturated rings. The molecule has 2 N–H and O–H groups in total.